The van der Waals surface area contributed by atoms with Gasteiger partial charge in [-0.05, 0) is 0 Å². The van der Waals surface area contributed by atoms with Crippen LogP contribution >= 0.6 is 0 Å². The van der Waals surface area contributed by atoms with Gasteiger partial charge in [0.15, 0.2) is 0 Å². The largest absolute Gasteiger partial charge is 0.332 e. The number of nitro groups is 1. The van der Waals surface area contributed by atoms with Crippen LogP contribution in [0.15, 0.2) is 12.2 Å². The van der Waals surface area contributed by atoms with Crippen molar-refractivity contribution in [1.29, 1.82) is 0 Å². The average Bonchev–Trinajstić information content (AvgIpc) is 1.85. The highest BCUT2D eigenvalue weighted by Gasteiger charge is 2.33. The van der Waals surface area contributed by atoms with E-state index in [0.29, 0.717) is 0 Å². The van der Waals surface area contributed by atoms with Crippen molar-refractivity contribution in [2.24, 2.45) is 0 Å². The molecule has 0 aromatic heterocycles. The quantitative estimate of drug-likeness (QED) is 0.337. The summed E-state index contributed by atoms with van der Waals surface area (Å²) in [7, 11) is 0. The predicted molar refractivity (Wildman–Crippen MR) is 34.7 cm³/mol. The Balaban J connectivity index is 2.76. The van der Waals surface area contributed by atoms with Crippen LogP contribution in [0.3, 0.4) is 0 Å². The first-order valence-electron chi connectivity index (χ1n) is 3.06. The molecule has 2 atom stereocenters. The van der Waals surface area contributed by atoms with Crippen LogP contribution < -0.4 is 11.1 Å². The van der Waals surface area contributed by atoms with Gasteiger partial charge in [0.25, 0.3) is 0 Å². The first-order chi connectivity index (χ1) is 5.11. The predicted octanol–water partition coefficient (Wildman–Crippen LogP) is -2.11. The van der Waals surface area contributed by atoms with Gasteiger partial charge in [0.05, 0.1) is 0 Å². The Bertz CT molecular complexity index is 225. The zero-order valence-electron chi connectivity index (χ0n) is 5.69. The second-order valence-corrected chi connectivity index (χ2v) is 2.25. The summed E-state index contributed by atoms with van der Waals surface area (Å²) < 4.78 is 0. The molecule has 0 aromatic carbocycles. The number of hydrogen-bond acceptors (Lipinski definition) is 3. The standard InChI is InChI=1S/C5H7N3O3/c6-5-3(8(10)11)1-2-4(9)7-5/h1-3,5H,6H2,(H,7,9)/p+1/t3-,5+/m1/s1. The molecule has 1 amide bonds. The Morgan fingerprint density at radius 2 is 2.36 bits per heavy atom. The van der Waals surface area contributed by atoms with E-state index in [0.717, 1.165) is 6.08 Å². The zero-order valence-corrected chi connectivity index (χ0v) is 5.69. The fraction of sp³-hybridized carbons (Fsp3) is 0.400. The van der Waals surface area contributed by atoms with E-state index in [-0.39, 0.29) is 5.91 Å². The molecule has 60 valence electrons. The Morgan fingerprint density at radius 1 is 1.73 bits per heavy atom. The zero-order chi connectivity index (χ0) is 8.43. The van der Waals surface area contributed by atoms with Crippen LogP contribution in [0.2, 0.25) is 0 Å². The molecule has 0 radical (unpaired) electrons. The van der Waals surface area contributed by atoms with E-state index in [2.05, 4.69) is 11.1 Å². The summed E-state index contributed by atoms with van der Waals surface area (Å²) >= 11 is 0. The molecule has 0 unspecified atom stereocenters. The molecular weight excluding hydrogens is 150 g/mol. The lowest BCUT2D eigenvalue weighted by Gasteiger charge is -2.14. The van der Waals surface area contributed by atoms with Crippen molar-refractivity contribution in [3.05, 3.63) is 22.3 Å². The molecule has 6 nitrogen and oxygen atoms in total. The van der Waals surface area contributed by atoms with Crippen molar-refractivity contribution < 1.29 is 15.5 Å². The smallest absolute Gasteiger partial charge is 0.301 e. The summed E-state index contributed by atoms with van der Waals surface area (Å²) in [6, 6.07) is -0.896. The van der Waals surface area contributed by atoms with Crippen LogP contribution in [0.25, 0.3) is 0 Å². The Kier molecular flexibility index (Phi) is 1.86. The third kappa shape index (κ3) is 1.53. The van der Waals surface area contributed by atoms with E-state index in [1.807, 2.05) is 0 Å². The molecule has 6 heteroatoms. The molecule has 0 aromatic rings. The first kappa shape index (κ1) is 7.67. The first-order valence-corrected chi connectivity index (χ1v) is 3.06. The topological polar surface area (TPSA) is 99.9 Å². The third-order valence-corrected chi connectivity index (χ3v) is 1.43. The van der Waals surface area contributed by atoms with Crippen LogP contribution in [0.4, 0.5) is 0 Å². The van der Waals surface area contributed by atoms with Crippen molar-refractivity contribution in [2.45, 2.75) is 12.2 Å². The van der Waals surface area contributed by atoms with E-state index in [1.165, 1.54) is 6.08 Å². The van der Waals surface area contributed by atoms with E-state index in [9.17, 15) is 14.9 Å². The van der Waals surface area contributed by atoms with Gasteiger partial charge in [-0.15, -0.1) is 0 Å². The number of quaternary nitrogens is 1. The van der Waals surface area contributed by atoms with Crippen molar-refractivity contribution in [3.63, 3.8) is 0 Å². The minimum absolute atomic E-state index is 0.330. The van der Waals surface area contributed by atoms with Crippen molar-refractivity contribution in [1.82, 2.24) is 5.32 Å². The van der Waals surface area contributed by atoms with Gasteiger partial charge in [-0.3, -0.25) is 20.2 Å². The molecule has 1 aliphatic rings. The van der Waals surface area contributed by atoms with Gasteiger partial charge in [0.2, 0.25) is 12.1 Å². The number of rotatable bonds is 1. The van der Waals surface area contributed by atoms with Crippen LogP contribution in [-0.4, -0.2) is 23.0 Å². The fourth-order valence-electron chi connectivity index (χ4n) is 0.854. The summed E-state index contributed by atoms with van der Waals surface area (Å²) in [6.45, 7) is 0. The number of nitrogens with one attached hydrogen (secondary N) is 1. The highest BCUT2D eigenvalue weighted by Crippen LogP contribution is 1.99. The lowest BCUT2D eigenvalue weighted by atomic mass is 10.1. The Hall–Kier alpha value is -1.43. The summed E-state index contributed by atoms with van der Waals surface area (Å²) in [5, 5.41) is 12.6. The molecule has 0 saturated carbocycles. The fourth-order valence-corrected chi connectivity index (χ4v) is 0.854. The number of amides is 1. The molecular formula is C5H8N3O3+. The minimum atomic E-state index is -0.896. The molecule has 0 aliphatic carbocycles. The summed E-state index contributed by atoms with van der Waals surface area (Å²) in [4.78, 5) is 20.3. The third-order valence-electron chi connectivity index (χ3n) is 1.43. The SMILES string of the molecule is [NH3+][C@H]1NC(=O)C=C[C@H]1[N+](=O)[O-]. The summed E-state index contributed by atoms with van der Waals surface area (Å²) in [5.41, 5.74) is 3.43. The molecule has 0 saturated heterocycles. The maximum Gasteiger partial charge on any atom is 0.301 e. The molecule has 1 heterocycles. The number of nitrogens with zero attached hydrogens (tertiary/aromatic N) is 1. The summed E-state index contributed by atoms with van der Waals surface area (Å²) in [5.74, 6) is -0.330. The highest BCUT2D eigenvalue weighted by atomic mass is 16.6. The lowest BCUT2D eigenvalue weighted by molar-refractivity contribution is -0.575. The maximum absolute atomic E-state index is 10.6. The highest BCUT2D eigenvalue weighted by molar-refractivity contribution is 5.88. The van der Waals surface area contributed by atoms with Gasteiger partial charge in [-0.1, -0.05) is 0 Å². The van der Waals surface area contributed by atoms with E-state index < -0.39 is 17.1 Å². The van der Waals surface area contributed by atoms with Crippen molar-refractivity contribution in [3.8, 4) is 0 Å². The van der Waals surface area contributed by atoms with Crippen LogP contribution in [0.5, 0.6) is 0 Å². The maximum atomic E-state index is 10.6. The second-order valence-electron chi connectivity index (χ2n) is 2.25. The van der Waals surface area contributed by atoms with Crippen LogP contribution in [0, 0.1) is 10.1 Å². The van der Waals surface area contributed by atoms with E-state index in [4.69, 9.17) is 0 Å². The van der Waals surface area contributed by atoms with Gasteiger partial charge >= 0.3 is 6.04 Å². The van der Waals surface area contributed by atoms with Crippen molar-refractivity contribution in [2.75, 3.05) is 0 Å². The van der Waals surface area contributed by atoms with Crippen LogP contribution in [0.1, 0.15) is 0 Å². The van der Waals surface area contributed by atoms with Gasteiger partial charge < -0.3 is 5.73 Å². The molecule has 0 spiro atoms. The summed E-state index contributed by atoms with van der Waals surface area (Å²) in [6.07, 6.45) is 1.73. The average molecular weight is 158 g/mol. The van der Waals surface area contributed by atoms with E-state index in [1.54, 1.807) is 0 Å². The van der Waals surface area contributed by atoms with Gasteiger partial charge in [-0.2, -0.15) is 0 Å². The second kappa shape index (κ2) is 2.67. The number of carbonyl (C=O) groups excluding carboxylic acids is 1. The molecule has 4 N–H and O–H groups in total. The molecule has 1 rings (SSSR count). The van der Waals surface area contributed by atoms with Crippen LogP contribution in [-0.2, 0) is 4.79 Å². The molecule has 11 heavy (non-hydrogen) atoms. The molecule has 0 fully saturated rings. The number of hydrogen-bond donors (Lipinski definition) is 2. The van der Waals surface area contributed by atoms with Gasteiger partial charge in [0, 0.05) is 17.1 Å². The number of carbonyl (C=O) groups is 1. The molecule has 1 aliphatic heterocycles. The van der Waals surface area contributed by atoms with Gasteiger partial charge in [-0.25, -0.2) is 0 Å². The lowest BCUT2D eigenvalue weighted by Crippen LogP contribution is -2.75. The van der Waals surface area contributed by atoms with Crippen molar-refractivity contribution >= 4 is 5.91 Å². The minimum Gasteiger partial charge on any atom is -0.332 e. The van der Waals surface area contributed by atoms with E-state index >= 15 is 0 Å². The Labute approximate surface area is 62.2 Å². The monoisotopic (exact) mass is 158 g/mol. The molecule has 0 bridgehead atoms. The Morgan fingerprint density at radius 3 is 2.82 bits per heavy atom. The normalized spacial score (nSPS) is 29.7. The van der Waals surface area contributed by atoms with Gasteiger partial charge in [0.1, 0.15) is 0 Å².